The van der Waals surface area contributed by atoms with Gasteiger partial charge in [-0.2, -0.15) is 4.74 Å². The summed E-state index contributed by atoms with van der Waals surface area (Å²) in [7, 11) is -1.56. The Bertz CT molecular complexity index is 404. The molecule has 0 aliphatic carbocycles. The van der Waals surface area contributed by atoms with Gasteiger partial charge in [-0.05, 0) is 38.7 Å². The molecule has 0 saturated carbocycles. The number of benzene rings is 1. The van der Waals surface area contributed by atoms with Crippen molar-refractivity contribution in [3.05, 3.63) is 36.4 Å². The number of rotatable bonds is 5. The minimum atomic E-state index is -1.56. The molecule has 1 heterocycles. The summed E-state index contributed by atoms with van der Waals surface area (Å²) in [5.41, 5.74) is 0. The standard InChI is InChI=1S/C15H23O2SSi/c1-15(17-19(2,3)4)11-10-13(16-15)12-18-14-8-6-5-7-9-14/h5-9H,10-12H2,1-4H3/q+1. The Morgan fingerprint density at radius 2 is 2.00 bits per heavy atom. The molecule has 104 valence electrons. The van der Waals surface area contributed by atoms with Crippen LogP contribution in [0.5, 0.6) is 0 Å². The maximum Gasteiger partial charge on any atom is 0.256 e. The van der Waals surface area contributed by atoms with Crippen molar-refractivity contribution in [2.75, 3.05) is 5.75 Å². The fraction of sp³-hybridized carbons (Fsp3) is 0.533. The van der Waals surface area contributed by atoms with E-state index >= 15 is 0 Å². The number of hydrogen-bond acceptors (Lipinski definition) is 3. The molecule has 2 nitrogen and oxygen atoms in total. The van der Waals surface area contributed by atoms with E-state index in [9.17, 15) is 0 Å². The maximum atomic E-state index is 6.15. The van der Waals surface area contributed by atoms with Crippen LogP contribution in [0.15, 0.2) is 35.2 Å². The molecule has 1 unspecified atom stereocenters. The van der Waals surface area contributed by atoms with Crippen molar-refractivity contribution in [1.29, 1.82) is 0 Å². The van der Waals surface area contributed by atoms with E-state index in [2.05, 4.69) is 50.8 Å². The van der Waals surface area contributed by atoms with Crippen LogP contribution in [0, 0.1) is 6.10 Å². The van der Waals surface area contributed by atoms with Crippen molar-refractivity contribution in [3.63, 3.8) is 0 Å². The van der Waals surface area contributed by atoms with Crippen molar-refractivity contribution >= 4 is 20.1 Å². The van der Waals surface area contributed by atoms with Gasteiger partial charge in [-0.3, -0.25) is 0 Å². The van der Waals surface area contributed by atoms with Gasteiger partial charge in [0.2, 0.25) is 5.79 Å². The highest BCUT2D eigenvalue weighted by atomic mass is 32.2. The van der Waals surface area contributed by atoms with Crippen LogP contribution in [0.25, 0.3) is 0 Å². The van der Waals surface area contributed by atoms with Crippen LogP contribution in [0.4, 0.5) is 0 Å². The first kappa shape index (κ1) is 15.0. The van der Waals surface area contributed by atoms with Gasteiger partial charge in [0, 0.05) is 11.3 Å². The molecule has 4 heteroatoms. The van der Waals surface area contributed by atoms with Crippen LogP contribution in [0.2, 0.25) is 19.6 Å². The summed E-state index contributed by atoms with van der Waals surface area (Å²) >= 11 is 1.83. The van der Waals surface area contributed by atoms with Crippen molar-refractivity contribution in [2.45, 2.75) is 50.1 Å². The van der Waals surface area contributed by atoms with E-state index in [1.54, 1.807) is 0 Å². The lowest BCUT2D eigenvalue weighted by Gasteiger charge is -2.28. The summed E-state index contributed by atoms with van der Waals surface area (Å²) in [6.07, 6.45) is 3.15. The molecule has 2 rings (SSSR count). The molecule has 0 spiro atoms. The Hall–Kier alpha value is -0.423. The second-order valence-electron chi connectivity index (χ2n) is 6.09. The molecule has 0 N–H and O–H groups in total. The molecule has 1 fully saturated rings. The van der Waals surface area contributed by atoms with Crippen LogP contribution >= 0.6 is 11.8 Å². The van der Waals surface area contributed by atoms with E-state index in [-0.39, 0.29) is 0 Å². The van der Waals surface area contributed by atoms with E-state index in [0.717, 1.165) is 24.7 Å². The lowest BCUT2D eigenvalue weighted by molar-refractivity contribution is -0.135. The van der Waals surface area contributed by atoms with Crippen molar-refractivity contribution in [2.24, 2.45) is 0 Å². The van der Waals surface area contributed by atoms with Crippen LogP contribution in [0.1, 0.15) is 19.8 Å². The first-order chi connectivity index (χ1) is 8.86. The topological polar surface area (TPSA) is 18.5 Å². The maximum absolute atomic E-state index is 6.15. The van der Waals surface area contributed by atoms with Crippen molar-refractivity contribution in [1.82, 2.24) is 0 Å². The predicted molar refractivity (Wildman–Crippen MR) is 83.6 cm³/mol. The zero-order chi connectivity index (χ0) is 13.9. The second kappa shape index (κ2) is 5.91. The summed E-state index contributed by atoms with van der Waals surface area (Å²) in [5, 5.41) is 0. The van der Waals surface area contributed by atoms with Gasteiger partial charge in [0.05, 0.1) is 0 Å². The molecule has 0 amide bonds. The van der Waals surface area contributed by atoms with Gasteiger partial charge in [0.25, 0.3) is 6.10 Å². The first-order valence-corrected chi connectivity index (χ1v) is 11.2. The van der Waals surface area contributed by atoms with E-state index in [1.807, 2.05) is 17.8 Å². The predicted octanol–water partition coefficient (Wildman–Crippen LogP) is 4.69. The normalized spacial score (nSPS) is 23.9. The van der Waals surface area contributed by atoms with Gasteiger partial charge in [0.15, 0.2) is 14.1 Å². The molecular formula is C15H23O2SSi+. The molecule has 1 aliphatic heterocycles. The van der Waals surface area contributed by atoms with E-state index in [0.29, 0.717) is 0 Å². The summed E-state index contributed by atoms with van der Waals surface area (Å²) in [4.78, 5) is 1.29. The lowest BCUT2D eigenvalue weighted by atomic mass is 10.2. The third-order valence-corrected chi connectivity index (χ3v) is 5.00. The largest absolute Gasteiger partial charge is 0.387 e. The SMILES string of the molecule is CC1(O[Si](C)(C)C)CC[C+](CSc2ccccc2)O1. The number of hydrogen-bond donors (Lipinski definition) is 0. The van der Waals surface area contributed by atoms with Crippen molar-refractivity contribution < 1.29 is 9.16 Å². The fourth-order valence-corrected chi connectivity index (χ4v) is 4.60. The molecular weight excluding hydrogens is 272 g/mol. The average Bonchev–Trinajstić information content (AvgIpc) is 2.67. The third-order valence-electron chi connectivity index (χ3n) is 2.88. The van der Waals surface area contributed by atoms with Gasteiger partial charge in [-0.15, -0.1) is 0 Å². The van der Waals surface area contributed by atoms with E-state index in [4.69, 9.17) is 9.16 Å². The third kappa shape index (κ3) is 4.88. The van der Waals surface area contributed by atoms with Crippen LogP contribution in [0.3, 0.4) is 0 Å². The average molecular weight is 296 g/mol. The zero-order valence-corrected chi connectivity index (χ0v) is 14.0. The summed E-state index contributed by atoms with van der Waals surface area (Å²) in [5.74, 6) is 0.533. The molecule has 0 radical (unpaired) electrons. The number of thioether (sulfide) groups is 1. The fourth-order valence-electron chi connectivity index (χ4n) is 2.28. The monoisotopic (exact) mass is 295 g/mol. The Morgan fingerprint density at radius 3 is 2.63 bits per heavy atom. The van der Waals surface area contributed by atoms with Gasteiger partial charge >= 0.3 is 0 Å². The molecule has 0 aromatic heterocycles. The highest BCUT2D eigenvalue weighted by Crippen LogP contribution is 2.39. The zero-order valence-electron chi connectivity index (χ0n) is 12.2. The van der Waals surface area contributed by atoms with Crippen LogP contribution in [-0.4, -0.2) is 19.9 Å². The Labute approximate surface area is 122 Å². The van der Waals surface area contributed by atoms with Gasteiger partial charge in [-0.1, -0.05) is 30.0 Å². The van der Waals surface area contributed by atoms with Gasteiger partial charge in [-0.25, -0.2) is 0 Å². The Morgan fingerprint density at radius 1 is 1.32 bits per heavy atom. The molecule has 0 bridgehead atoms. The highest BCUT2D eigenvalue weighted by Gasteiger charge is 2.48. The van der Waals surface area contributed by atoms with Gasteiger partial charge in [0.1, 0.15) is 6.42 Å². The summed E-state index contributed by atoms with van der Waals surface area (Å²) in [6.45, 7) is 8.69. The molecule has 19 heavy (non-hydrogen) atoms. The molecule has 1 aromatic rings. The minimum Gasteiger partial charge on any atom is -0.387 e. The summed E-state index contributed by atoms with van der Waals surface area (Å²) in [6, 6.07) is 10.5. The van der Waals surface area contributed by atoms with Crippen LogP contribution < -0.4 is 0 Å². The minimum absolute atomic E-state index is 0.392. The Balaban J connectivity index is 1.82. The van der Waals surface area contributed by atoms with Crippen LogP contribution in [-0.2, 0) is 9.16 Å². The van der Waals surface area contributed by atoms with Gasteiger partial charge < -0.3 is 4.43 Å². The molecule has 1 aliphatic rings. The smallest absolute Gasteiger partial charge is 0.256 e. The van der Waals surface area contributed by atoms with E-state index in [1.165, 1.54) is 4.90 Å². The summed E-state index contributed by atoms with van der Waals surface area (Å²) < 4.78 is 12.2. The highest BCUT2D eigenvalue weighted by molar-refractivity contribution is 7.99. The molecule has 1 atom stereocenters. The van der Waals surface area contributed by atoms with Crippen molar-refractivity contribution in [3.8, 4) is 0 Å². The lowest BCUT2D eigenvalue weighted by Crippen LogP contribution is -2.40. The quantitative estimate of drug-likeness (QED) is 0.446. The number of ether oxygens (including phenoxy) is 1. The van der Waals surface area contributed by atoms with E-state index < -0.39 is 14.1 Å². The Kier molecular flexibility index (Phi) is 4.66. The molecule has 1 saturated heterocycles. The molecule has 1 aromatic carbocycles. The second-order valence-corrected chi connectivity index (χ2v) is 11.6. The first-order valence-electron chi connectivity index (χ1n) is 6.78.